The zero-order chi connectivity index (χ0) is 19.3. The van der Waals surface area contributed by atoms with E-state index in [4.69, 9.17) is 0 Å². The van der Waals surface area contributed by atoms with E-state index in [1.165, 1.54) is 0 Å². The molecule has 0 saturated carbocycles. The van der Waals surface area contributed by atoms with Gasteiger partial charge in [0.2, 0.25) is 0 Å². The lowest BCUT2D eigenvalue weighted by Crippen LogP contribution is -2.14. The smallest absolute Gasteiger partial charge is 0.288 e. The Hall–Kier alpha value is -2.08. The lowest BCUT2D eigenvalue weighted by Gasteiger charge is -2.23. The van der Waals surface area contributed by atoms with E-state index < -0.39 is 5.76 Å². The van der Waals surface area contributed by atoms with Crippen molar-refractivity contribution in [2.45, 2.75) is 31.4 Å². The molecule has 0 fully saturated rings. The number of thioether (sulfide) groups is 1. The Kier molecular flexibility index (Phi) is 7.03. The lowest BCUT2D eigenvalue weighted by atomic mass is 10.1. The molecule has 0 unspecified atom stereocenters. The van der Waals surface area contributed by atoms with Crippen molar-refractivity contribution in [2.75, 3.05) is 25.5 Å². The molecule has 0 aliphatic heterocycles. The average Bonchev–Trinajstić information content (AvgIpc) is 2.61. The molecule has 0 N–H and O–H groups in total. The van der Waals surface area contributed by atoms with Crippen LogP contribution >= 0.6 is 11.8 Å². The van der Waals surface area contributed by atoms with Gasteiger partial charge in [0, 0.05) is 36.9 Å². The molecule has 0 aliphatic rings. The molecule has 6 heteroatoms. The van der Waals surface area contributed by atoms with Gasteiger partial charge in [-0.25, -0.2) is 4.99 Å². The summed E-state index contributed by atoms with van der Waals surface area (Å²) >= 11 is 0.560. The van der Waals surface area contributed by atoms with E-state index in [9.17, 15) is 8.78 Å². The number of hydrogen-bond donors (Lipinski definition) is 0. The first-order chi connectivity index (χ1) is 12.3. The van der Waals surface area contributed by atoms with Crippen molar-refractivity contribution in [3.05, 3.63) is 47.5 Å². The lowest BCUT2D eigenvalue weighted by molar-refractivity contribution is 0.252. The van der Waals surface area contributed by atoms with Gasteiger partial charge in [-0.15, -0.1) is 0 Å². The van der Waals surface area contributed by atoms with Crippen molar-refractivity contribution in [2.24, 2.45) is 4.99 Å². The van der Waals surface area contributed by atoms with Crippen LogP contribution in [-0.4, -0.2) is 37.6 Å². The van der Waals surface area contributed by atoms with E-state index in [-0.39, 0.29) is 0 Å². The Labute approximate surface area is 158 Å². The summed E-state index contributed by atoms with van der Waals surface area (Å²) in [5.41, 5.74) is 5.16. The van der Waals surface area contributed by atoms with Crippen LogP contribution in [0.2, 0.25) is 0 Å². The van der Waals surface area contributed by atoms with Gasteiger partial charge in [-0.2, -0.15) is 8.78 Å². The van der Waals surface area contributed by atoms with Crippen molar-refractivity contribution in [1.29, 1.82) is 0 Å². The molecule has 0 saturated heterocycles. The fourth-order valence-corrected chi connectivity index (χ4v) is 3.02. The van der Waals surface area contributed by atoms with Gasteiger partial charge in [-0.3, -0.25) is 0 Å². The summed E-state index contributed by atoms with van der Waals surface area (Å²) in [5, 5.41) is 0. The summed E-state index contributed by atoms with van der Waals surface area (Å²) in [7, 11) is 3.97. The molecule has 0 bridgehead atoms. The number of nitrogens with zero attached hydrogens (tertiary/aromatic N) is 3. The van der Waals surface area contributed by atoms with Crippen LogP contribution in [0.3, 0.4) is 0 Å². The van der Waals surface area contributed by atoms with Gasteiger partial charge < -0.3 is 9.80 Å². The minimum Gasteiger partial charge on any atom is -0.366 e. The van der Waals surface area contributed by atoms with E-state index in [0.29, 0.717) is 16.7 Å². The molecule has 0 spiro atoms. The van der Waals surface area contributed by atoms with Gasteiger partial charge in [-0.05, 0) is 68.3 Å². The zero-order valence-electron chi connectivity index (χ0n) is 15.8. The Morgan fingerprint density at radius 1 is 1.08 bits per heavy atom. The molecule has 0 aliphatic carbocycles. The molecule has 3 nitrogen and oxygen atoms in total. The maximum atomic E-state index is 12.5. The highest BCUT2D eigenvalue weighted by Crippen LogP contribution is 2.33. The normalized spacial score (nSPS) is 11.4. The maximum Gasteiger partial charge on any atom is 0.288 e. The van der Waals surface area contributed by atoms with Gasteiger partial charge in [-0.1, -0.05) is 11.8 Å². The van der Waals surface area contributed by atoms with Crippen LogP contribution < -0.4 is 4.90 Å². The molecule has 2 aromatic carbocycles. The SMILES string of the molecule is CCN(C)C=Nc1cc(C)c(N(C)c2ccc(SC(F)F)cc2)cc1C. The van der Waals surface area contributed by atoms with E-state index in [2.05, 4.69) is 35.9 Å². The van der Waals surface area contributed by atoms with Crippen LogP contribution in [0.15, 0.2) is 46.3 Å². The second kappa shape index (κ2) is 9.03. The third-order valence-electron chi connectivity index (χ3n) is 4.22. The molecule has 0 amide bonds. The number of anilines is 2. The average molecular weight is 378 g/mol. The standard InChI is InChI=1S/C20H25F2N3S/c1-6-24(4)13-23-18-11-15(3)19(12-14(18)2)25(5)16-7-9-17(10-8-16)26-20(21)22/h7-13,20H,6H2,1-5H3. The van der Waals surface area contributed by atoms with Crippen LogP contribution in [0, 0.1) is 13.8 Å². The summed E-state index contributed by atoms with van der Waals surface area (Å²) in [6.45, 7) is 7.07. The number of benzene rings is 2. The van der Waals surface area contributed by atoms with Gasteiger partial charge in [0.15, 0.2) is 0 Å². The van der Waals surface area contributed by atoms with E-state index in [0.717, 1.165) is 34.7 Å². The topological polar surface area (TPSA) is 18.8 Å². The Morgan fingerprint density at radius 3 is 2.31 bits per heavy atom. The highest BCUT2D eigenvalue weighted by molar-refractivity contribution is 7.99. The van der Waals surface area contributed by atoms with Crippen LogP contribution in [-0.2, 0) is 0 Å². The number of alkyl halides is 2. The molecule has 2 aromatic rings. The van der Waals surface area contributed by atoms with Gasteiger partial charge in [0.25, 0.3) is 5.76 Å². The summed E-state index contributed by atoms with van der Waals surface area (Å²) in [4.78, 5) is 9.20. The Balaban J connectivity index is 2.25. The molecular formula is C20H25F2N3S. The van der Waals surface area contributed by atoms with Gasteiger partial charge in [0.1, 0.15) is 0 Å². The van der Waals surface area contributed by atoms with Crippen LogP contribution in [0.25, 0.3) is 0 Å². The first kappa shape index (κ1) is 20.2. The van der Waals surface area contributed by atoms with Crippen LogP contribution in [0.5, 0.6) is 0 Å². The number of rotatable bonds is 7. The predicted molar refractivity (Wildman–Crippen MR) is 109 cm³/mol. The second-order valence-corrected chi connectivity index (χ2v) is 7.24. The van der Waals surface area contributed by atoms with Crippen molar-refractivity contribution < 1.29 is 8.78 Å². The third-order valence-corrected chi connectivity index (χ3v) is 4.94. The van der Waals surface area contributed by atoms with Crippen LogP contribution in [0.4, 0.5) is 25.8 Å². The summed E-state index contributed by atoms with van der Waals surface area (Å²) < 4.78 is 24.9. The molecule has 2 rings (SSSR count). The van der Waals surface area contributed by atoms with Crippen molar-refractivity contribution >= 4 is 35.2 Å². The summed E-state index contributed by atoms with van der Waals surface area (Å²) in [6, 6.07) is 11.4. The molecule has 26 heavy (non-hydrogen) atoms. The zero-order valence-corrected chi connectivity index (χ0v) is 16.6. The highest BCUT2D eigenvalue weighted by atomic mass is 32.2. The summed E-state index contributed by atoms with van der Waals surface area (Å²) in [5.74, 6) is -2.40. The molecular weight excluding hydrogens is 352 g/mol. The fourth-order valence-electron chi connectivity index (χ4n) is 2.52. The molecule has 140 valence electrons. The molecule has 0 atom stereocenters. The Morgan fingerprint density at radius 2 is 1.73 bits per heavy atom. The fraction of sp³-hybridized carbons (Fsp3) is 0.350. The van der Waals surface area contributed by atoms with Gasteiger partial charge >= 0.3 is 0 Å². The third kappa shape index (κ3) is 5.21. The first-order valence-corrected chi connectivity index (χ1v) is 9.34. The van der Waals surface area contributed by atoms with E-state index >= 15 is 0 Å². The van der Waals surface area contributed by atoms with Gasteiger partial charge in [0.05, 0.1) is 12.0 Å². The Bertz CT molecular complexity index is 760. The summed E-state index contributed by atoms with van der Waals surface area (Å²) in [6.07, 6.45) is 1.84. The molecule has 0 aromatic heterocycles. The second-order valence-electron chi connectivity index (χ2n) is 6.17. The maximum absolute atomic E-state index is 12.5. The number of hydrogen-bond acceptors (Lipinski definition) is 3. The van der Waals surface area contributed by atoms with Crippen molar-refractivity contribution in [1.82, 2.24) is 4.90 Å². The quantitative estimate of drug-likeness (QED) is 0.335. The number of aliphatic imine (C=N–C) groups is 1. The first-order valence-electron chi connectivity index (χ1n) is 8.46. The molecule has 0 heterocycles. The number of aryl methyl sites for hydroxylation is 2. The van der Waals surface area contributed by atoms with Crippen LogP contribution in [0.1, 0.15) is 18.1 Å². The highest BCUT2D eigenvalue weighted by Gasteiger charge is 2.11. The monoisotopic (exact) mass is 377 g/mol. The minimum atomic E-state index is -2.40. The minimum absolute atomic E-state index is 0.560. The van der Waals surface area contributed by atoms with E-state index in [1.54, 1.807) is 12.1 Å². The van der Waals surface area contributed by atoms with Crippen molar-refractivity contribution in [3.8, 4) is 0 Å². The largest absolute Gasteiger partial charge is 0.366 e. The molecule has 0 radical (unpaired) electrons. The van der Waals surface area contributed by atoms with E-state index in [1.807, 2.05) is 44.4 Å². The van der Waals surface area contributed by atoms with Crippen molar-refractivity contribution in [3.63, 3.8) is 0 Å². The predicted octanol–water partition coefficient (Wildman–Crippen LogP) is 6.00. The number of halogens is 2.